The average Bonchev–Trinajstić information content (AvgIpc) is 3.39. The van der Waals surface area contributed by atoms with Gasteiger partial charge in [0.2, 0.25) is 0 Å². The second-order valence-electron chi connectivity index (χ2n) is 9.10. The molecule has 160 valence electrons. The topological polar surface area (TPSA) is 88.9 Å². The average molecular weight is 411 g/mol. The highest BCUT2D eigenvalue weighted by Gasteiger charge is 2.27. The number of aromatic amines is 1. The molecular weight excluding hydrogens is 380 g/mol. The van der Waals surface area contributed by atoms with E-state index in [2.05, 4.69) is 46.2 Å². The zero-order chi connectivity index (χ0) is 21.3. The standard InChI is InChI=1S/C22H30N6O2/c1-22(2,3)28-20(24-25-26-28)14-27(17-7-5-6-8-17)13-16-11-15-9-10-18(30-4)12-19(15)23-21(16)29/h9-12,17H,5-8,13-14H2,1-4H3,(H,23,29). The summed E-state index contributed by atoms with van der Waals surface area (Å²) in [5.41, 5.74) is 1.29. The van der Waals surface area contributed by atoms with Crippen LogP contribution in [0.15, 0.2) is 29.1 Å². The van der Waals surface area contributed by atoms with Crippen molar-refractivity contribution in [2.45, 2.75) is 71.1 Å². The molecule has 0 amide bonds. The number of aromatic nitrogens is 5. The molecular formula is C22H30N6O2. The molecule has 0 radical (unpaired) electrons. The molecule has 0 bridgehead atoms. The van der Waals surface area contributed by atoms with Crippen LogP contribution < -0.4 is 10.3 Å². The molecule has 0 saturated heterocycles. The Balaban J connectivity index is 1.65. The molecule has 1 fully saturated rings. The number of benzene rings is 1. The van der Waals surface area contributed by atoms with Crippen LogP contribution in [0.1, 0.15) is 57.8 Å². The third-order valence-corrected chi connectivity index (χ3v) is 5.86. The molecule has 1 aromatic carbocycles. The summed E-state index contributed by atoms with van der Waals surface area (Å²) in [5, 5.41) is 13.4. The lowest BCUT2D eigenvalue weighted by molar-refractivity contribution is 0.167. The van der Waals surface area contributed by atoms with Crippen LogP contribution in [0.4, 0.5) is 0 Å². The largest absolute Gasteiger partial charge is 0.497 e. The van der Waals surface area contributed by atoms with E-state index in [4.69, 9.17) is 4.74 Å². The van der Waals surface area contributed by atoms with Crippen molar-refractivity contribution in [3.63, 3.8) is 0 Å². The molecule has 8 heteroatoms. The predicted octanol–water partition coefficient (Wildman–Crippen LogP) is 3.22. The first-order valence-electron chi connectivity index (χ1n) is 10.6. The van der Waals surface area contributed by atoms with E-state index in [0.29, 0.717) is 19.1 Å². The van der Waals surface area contributed by atoms with Crippen LogP contribution in [0.2, 0.25) is 0 Å². The van der Waals surface area contributed by atoms with E-state index >= 15 is 0 Å². The lowest BCUT2D eigenvalue weighted by Gasteiger charge is -2.29. The number of fused-ring (bicyclic) bond motifs is 1. The van der Waals surface area contributed by atoms with Crippen molar-refractivity contribution in [1.29, 1.82) is 0 Å². The number of tetrazole rings is 1. The number of hydrogen-bond acceptors (Lipinski definition) is 6. The summed E-state index contributed by atoms with van der Waals surface area (Å²) in [6.07, 6.45) is 4.72. The SMILES string of the molecule is COc1ccc2cc(CN(Cc3nnnn3C(C)(C)C)C3CCCC3)c(=O)[nH]c2c1. The second-order valence-corrected chi connectivity index (χ2v) is 9.10. The van der Waals surface area contributed by atoms with Crippen LogP contribution in [0.5, 0.6) is 5.75 Å². The van der Waals surface area contributed by atoms with Crippen molar-refractivity contribution in [2.75, 3.05) is 7.11 Å². The monoisotopic (exact) mass is 410 g/mol. The van der Waals surface area contributed by atoms with Gasteiger partial charge in [0.25, 0.3) is 5.56 Å². The Morgan fingerprint density at radius 1 is 1.20 bits per heavy atom. The maximum Gasteiger partial charge on any atom is 0.252 e. The van der Waals surface area contributed by atoms with Crippen LogP contribution in [0.3, 0.4) is 0 Å². The van der Waals surface area contributed by atoms with E-state index in [1.54, 1.807) is 7.11 Å². The van der Waals surface area contributed by atoms with E-state index in [-0.39, 0.29) is 11.1 Å². The first-order chi connectivity index (χ1) is 14.3. The molecule has 4 rings (SSSR count). The number of pyridine rings is 1. The van der Waals surface area contributed by atoms with E-state index in [9.17, 15) is 4.79 Å². The summed E-state index contributed by atoms with van der Waals surface area (Å²) >= 11 is 0. The van der Waals surface area contributed by atoms with Crippen LogP contribution in [-0.2, 0) is 18.6 Å². The van der Waals surface area contributed by atoms with Crippen molar-refractivity contribution in [3.8, 4) is 5.75 Å². The molecule has 8 nitrogen and oxygen atoms in total. The summed E-state index contributed by atoms with van der Waals surface area (Å²) < 4.78 is 7.15. The molecule has 0 unspecified atom stereocenters. The van der Waals surface area contributed by atoms with Gasteiger partial charge in [-0.3, -0.25) is 9.69 Å². The highest BCUT2D eigenvalue weighted by molar-refractivity contribution is 5.80. The van der Waals surface area contributed by atoms with E-state index in [0.717, 1.165) is 40.9 Å². The molecule has 2 heterocycles. The molecule has 2 aromatic heterocycles. The van der Waals surface area contributed by atoms with Gasteiger partial charge in [0.1, 0.15) is 5.75 Å². The fourth-order valence-electron chi connectivity index (χ4n) is 4.28. The van der Waals surface area contributed by atoms with Gasteiger partial charge in [-0.25, -0.2) is 4.68 Å². The molecule has 30 heavy (non-hydrogen) atoms. The predicted molar refractivity (Wildman–Crippen MR) is 115 cm³/mol. The fraction of sp³-hybridized carbons (Fsp3) is 0.545. The number of nitrogens with one attached hydrogen (secondary N) is 1. The van der Waals surface area contributed by atoms with Crippen molar-refractivity contribution >= 4 is 10.9 Å². The molecule has 3 aromatic rings. The first-order valence-corrected chi connectivity index (χ1v) is 10.6. The van der Waals surface area contributed by atoms with Gasteiger partial charge in [-0.05, 0) is 67.6 Å². The van der Waals surface area contributed by atoms with Gasteiger partial charge in [0, 0.05) is 24.2 Å². The van der Waals surface area contributed by atoms with Crippen molar-refractivity contribution in [2.24, 2.45) is 0 Å². The molecule has 1 N–H and O–H groups in total. The van der Waals surface area contributed by atoms with Gasteiger partial charge in [-0.2, -0.15) is 0 Å². The molecule has 1 aliphatic carbocycles. The van der Waals surface area contributed by atoms with Gasteiger partial charge < -0.3 is 9.72 Å². The Kier molecular flexibility index (Phi) is 5.60. The lowest BCUT2D eigenvalue weighted by Crippen LogP contribution is -2.36. The van der Waals surface area contributed by atoms with Gasteiger partial charge in [0.15, 0.2) is 5.82 Å². The van der Waals surface area contributed by atoms with Crippen LogP contribution in [-0.4, -0.2) is 43.2 Å². The van der Waals surface area contributed by atoms with Gasteiger partial charge in [-0.15, -0.1) is 5.10 Å². The maximum atomic E-state index is 12.8. The zero-order valence-corrected chi connectivity index (χ0v) is 18.2. The molecule has 0 atom stereocenters. The minimum atomic E-state index is -0.195. The number of ether oxygens (including phenoxy) is 1. The first kappa shape index (κ1) is 20.5. The Morgan fingerprint density at radius 3 is 2.67 bits per heavy atom. The quantitative estimate of drug-likeness (QED) is 0.671. The summed E-state index contributed by atoms with van der Waals surface area (Å²) in [7, 11) is 1.62. The van der Waals surface area contributed by atoms with Gasteiger partial charge >= 0.3 is 0 Å². The Hall–Kier alpha value is -2.74. The Labute approximate surface area is 176 Å². The van der Waals surface area contributed by atoms with Crippen molar-refractivity contribution < 1.29 is 4.74 Å². The van der Waals surface area contributed by atoms with Gasteiger partial charge in [0.05, 0.1) is 24.7 Å². The maximum absolute atomic E-state index is 12.8. The van der Waals surface area contributed by atoms with Crippen LogP contribution in [0, 0.1) is 0 Å². The Morgan fingerprint density at radius 2 is 1.97 bits per heavy atom. The lowest BCUT2D eigenvalue weighted by atomic mass is 10.1. The molecule has 1 aliphatic rings. The summed E-state index contributed by atoms with van der Waals surface area (Å²) in [5.74, 6) is 1.56. The highest BCUT2D eigenvalue weighted by Crippen LogP contribution is 2.27. The second kappa shape index (κ2) is 8.18. The minimum absolute atomic E-state index is 0.0610. The minimum Gasteiger partial charge on any atom is -0.497 e. The Bertz CT molecular complexity index is 1080. The number of rotatable bonds is 6. The highest BCUT2D eigenvalue weighted by atomic mass is 16.5. The van der Waals surface area contributed by atoms with Crippen molar-refractivity contribution in [3.05, 3.63) is 46.0 Å². The van der Waals surface area contributed by atoms with Crippen molar-refractivity contribution in [1.82, 2.24) is 30.1 Å². The number of nitrogens with zero attached hydrogens (tertiary/aromatic N) is 5. The van der Waals surface area contributed by atoms with E-state index < -0.39 is 0 Å². The molecule has 0 spiro atoms. The smallest absolute Gasteiger partial charge is 0.252 e. The molecule has 1 saturated carbocycles. The summed E-state index contributed by atoms with van der Waals surface area (Å²) in [6, 6.07) is 8.17. The van der Waals surface area contributed by atoms with E-state index in [1.807, 2.05) is 28.9 Å². The molecule has 0 aliphatic heterocycles. The number of H-pyrrole nitrogens is 1. The third-order valence-electron chi connectivity index (χ3n) is 5.86. The number of methoxy groups -OCH3 is 1. The number of hydrogen-bond donors (Lipinski definition) is 1. The van der Waals surface area contributed by atoms with Gasteiger partial charge in [-0.1, -0.05) is 12.8 Å². The summed E-state index contributed by atoms with van der Waals surface area (Å²) in [4.78, 5) is 18.2. The summed E-state index contributed by atoms with van der Waals surface area (Å²) in [6.45, 7) is 7.47. The van der Waals surface area contributed by atoms with Crippen LogP contribution in [0.25, 0.3) is 10.9 Å². The third kappa shape index (κ3) is 4.23. The zero-order valence-electron chi connectivity index (χ0n) is 18.2. The fourth-order valence-corrected chi connectivity index (χ4v) is 4.28. The van der Waals surface area contributed by atoms with Crippen LogP contribution >= 0.6 is 0 Å². The normalized spacial score (nSPS) is 15.4. The van der Waals surface area contributed by atoms with E-state index in [1.165, 1.54) is 12.8 Å².